The van der Waals surface area contributed by atoms with Crippen LogP contribution in [0, 0.1) is 5.82 Å². The minimum atomic E-state index is -0.615. The summed E-state index contributed by atoms with van der Waals surface area (Å²) < 4.78 is 30.4. The third-order valence-electron chi connectivity index (χ3n) is 5.96. The van der Waals surface area contributed by atoms with E-state index in [0.717, 1.165) is 5.56 Å². The van der Waals surface area contributed by atoms with Gasteiger partial charge in [0, 0.05) is 11.3 Å². The van der Waals surface area contributed by atoms with Gasteiger partial charge in [0.25, 0.3) is 5.89 Å². The van der Waals surface area contributed by atoms with Crippen molar-refractivity contribution in [2.24, 2.45) is 0 Å². The average Bonchev–Trinajstić information content (AvgIpc) is 3.38. The molecule has 9 heteroatoms. The van der Waals surface area contributed by atoms with Gasteiger partial charge in [0.1, 0.15) is 17.3 Å². The molecule has 1 atom stereocenters. The highest BCUT2D eigenvalue weighted by molar-refractivity contribution is 6.01. The zero-order chi connectivity index (χ0) is 25.2. The molecule has 0 spiro atoms. The Morgan fingerprint density at radius 3 is 2.44 bits per heavy atom. The number of carbonyl (C=O) groups is 1. The smallest absolute Gasteiger partial charge is 0.327 e. The molecule has 0 saturated carbocycles. The van der Waals surface area contributed by atoms with E-state index >= 15 is 0 Å². The summed E-state index contributed by atoms with van der Waals surface area (Å²) >= 11 is 0. The molecule has 36 heavy (non-hydrogen) atoms. The number of amides is 2. The maximum absolute atomic E-state index is 14.0. The molecule has 1 unspecified atom stereocenters. The molecule has 1 aromatic heterocycles. The lowest BCUT2D eigenvalue weighted by Gasteiger charge is -2.35. The second kappa shape index (κ2) is 9.53. The van der Waals surface area contributed by atoms with E-state index in [0.29, 0.717) is 39.8 Å². The molecule has 2 heterocycles. The molecule has 2 amide bonds. The van der Waals surface area contributed by atoms with Crippen LogP contribution in [-0.2, 0) is 0 Å². The van der Waals surface area contributed by atoms with E-state index in [1.807, 2.05) is 42.5 Å². The SMILES string of the molecule is COc1cccc(-c2noc(C3=C(C)N(c4cccc(F)c4)C(=O)NC3c3cccc(OC)c3)n2)c1. The number of urea groups is 1. The van der Waals surface area contributed by atoms with Crippen molar-refractivity contribution in [2.45, 2.75) is 13.0 Å². The molecular formula is C27H23FN4O4. The summed E-state index contributed by atoms with van der Waals surface area (Å²) in [6.07, 6.45) is 0. The Morgan fingerprint density at radius 1 is 0.972 bits per heavy atom. The van der Waals surface area contributed by atoms with E-state index in [1.54, 1.807) is 39.3 Å². The fourth-order valence-electron chi connectivity index (χ4n) is 4.23. The first-order chi connectivity index (χ1) is 17.5. The summed E-state index contributed by atoms with van der Waals surface area (Å²) in [6.45, 7) is 1.77. The molecule has 0 saturated heterocycles. The van der Waals surface area contributed by atoms with E-state index in [9.17, 15) is 9.18 Å². The summed E-state index contributed by atoms with van der Waals surface area (Å²) in [5.74, 6) is 1.42. The number of halogens is 1. The number of hydrogen-bond acceptors (Lipinski definition) is 6. The third-order valence-corrected chi connectivity index (χ3v) is 5.96. The Balaban J connectivity index is 1.66. The number of methoxy groups -OCH3 is 2. The van der Waals surface area contributed by atoms with Crippen LogP contribution in [0.5, 0.6) is 11.5 Å². The second-order valence-electron chi connectivity index (χ2n) is 8.13. The molecule has 0 radical (unpaired) electrons. The van der Waals surface area contributed by atoms with Gasteiger partial charge in [-0.3, -0.25) is 4.90 Å². The molecule has 0 bridgehead atoms. The highest BCUT2D eigenvalue weighted by atomic mass is 19.1. The lowest BCUT2D eigenvalue weighted by atomic mass is 9.94. The second-order valence-corrected chi connectivity index (χ2v) is 8.13. The van der Waals surface area contributed by atoms with Crippen molar-refractivity contribution in [2.75, 3.05) is 19.1 Å². The van der Waals surface area contributed by atoms with Crippen LogP contribution in [0.1, 0.15) is 24.4 Å². The van der Waals surface area contributed by atoms with Crippen molar-refractivity contribution in [1.29, 1.82) is 0 Å². The molecule has 8 nitrogen and oxygen atoms in total. The number of nitrogens with one attached hydrogen (secondary N) is 1. The molecule has 4 aromatic rings. The number of nitrogens with zero attached hydrogens (tertiary/aromatic N) is 3. The van der Waals surface area contributed by atoms with Crippen LogP contribution in [0.3, 0.4) is 0 Å². The molecule has 3 aromatic carbocycles. The van der Waals surface area contributed by atoms with Crippen LogP contribution in [0.25, 0.3) is 17.0 Å². The number of rotatable bonds is 6. The fraction of sp³-hybridized carbons (Fsp3) is 0.148. The number of hydrogen-bond donors (Lipinski definition) is 1. The van der Waals surface area contributed by atoms with Crippen LogP contribution in [0.2, 0.25) is 0 Å². The summed E-state index contributed by atoms with van der Waals surface area (Å²) in [4.78, 5) is 19.3. The van der Waals surface area contributed by atoms with Crippen LogP contribution in [0.4, 0.5) is 14.9 Å². The Kier molecular flexibility index (Phi) is 6.12. The van der Waals surface area contributed by atoms with Gasteiger partial charge in [-0.2, -0.15) is 4.98 Å². The first-order valence-electron chi connectivity index (χ1n) is 11.2. The van der Waals surface area contributed by atoms with Crippen molar-refractivity contribution < 1.29 is 23.2 Å². The van der Waals surface area contributed by atoms with E-state index in [4.69, 9.17) is 14.0 Å². The van der Waals surface area contributed by atoms with Crippen LogP contribution >= 0.6 is 0 Å². The zero-order valence-corrected chi connectivity index (χ0v) is 19.9. The predicted molar refractivity (Wildman–Crippen MR) is 132 cm³/mol. The number of allylic oxidation sites excluding steroid dienone is 1. The van der Waals surface area contributed by atoms with Crippen LogP contribution in [0.15, 0.2) is 83.0 Å². The third kappa shape index (κ3) is 4.26. The Bertz CT molecular complexity index is 1470. The lowest BCUT2D eigenvalue weighted by Crippen LogP contribution is -2.46. The van der Waals surface area contributed by atoms with E-state index in [2.05, 4.69) is 15.5 Å². The number of benzene rings is 3. The maximum Gasteiger partial charge on any atom is 0.327 e. The fourth-order valence-corrected chi connectivity index (χ4v) is 4.23. The standard InChI is InChI=1S/C27H23FN4O4/c1-16-23(26-30-25(31-36-26)18-8-5-12-22(14-18)35-3)24(17-7-4-11-21(13-17)34-2)29-27(33)32(16)20-10-6-9-19(28)15-20/h4-15,24H,1-3H3,(H,29,33). The van der Waals surface area contributed by atoms with Gasteiger partial charge >= 0.3 is 6.03 Å². The van der Waals surface area contributed by atoms with Crippen molar-refractivity contribution in [1.82, 2.24) is 15.5 Å². The van der Waals surface area contributed by atoms with Crippen molar-refractivity contribution in [3.63, 3.8) is 0 Å². The summed E-state index contributed by atoms with van der Waals surface area (Å²) in [5.41, 5.74) is 2.95. The number of carbonyl (C=O) groups excluding carboxylic acids is 1. The molecule has 0 fully saturated rings. The normalized spacial score (nSPS) is 15.6. The quantitative estimate of drug-likeness (QED) is 0.382. The summed E-state index contributed by atoms with van der Waals surface area (Å²) in [6, 6.07) is 19.5. The molecule has 1 aliphatic heterocycles. The van der Waals surface area contributed by atoms with Gasteiger partial charge in [-0.05, 0) is 55.0 Å². The summed E-state index contributed by atoms with van der Waals surface area (Å²) in [5, 5.41) is 7.17. The first kappa shape index (κ1) is 23.1. The van der Waals surface area contributed by atoms with Gasteiger partial charge in [-0.1, -0.05) is 35.5 Å². The van der Waals surface area contributed by atoms with Crippen molar-refractivity contribution in [3.8, 4) is 22.9 Å². The highest BCUT2D eigenvalue weighted by Crippen LogP contribution is 2.40. The molecule has 182 valence electrons. The molecule has 1 aliphatic rings. The number of ether oxygens (including phenoxy) is 2. The van der Waals surface area contributed by atoms with Crippen molar-refractivity contribution in [3.05, 3.63) is 95.8 Å². The van der Waals surface area contributed by atoms with Gasteiger partial charge < -0.3 is 19.3 Å². The predicted octanol–water partition coefficient (Wildman–Crippen LogP) is 5.60. The highest BCUT2D eigenvalue weighted by Gasteiger charge is 2.36. The molecule has 5 rings (SSSR count). The number of anilines is 1. The largest absolute Gasteiger partial charge is 0.497 e. The lowest BCUT2D eigenvalue weighted by molar-refractivity contribution is 0.244. The van der Waals surface area contributed by atoms with Crippen LogP contribution in [-0.4, -0.2) is 30.4 Å². The molecule has 0 aliphatic carbocycles. The zero-order valence-electron chi connectivity index (χ0n) is 19.9. The van der Waals surface area contributed by atoms with Crippen LogP contribution < -0.4 is 19.7 Å². The monoisotopic (exact) mass is 486 g/mol. The van der Waals surface area contributed by atoms with Gasteiger partial charge in [-0.25, -0.2) is 9.18 Å². The topological polar surface area (TPSA) is 89.7 Å². The van der Waals surface area contributed by atoms with Gasteiger partial charge in [0.15, 0.2) is 0 Å². The molecule has 1 N–H and O–H groups in total. The van der Waals surface area contributed by atoms with E-state index in [1.165, 1.54) is 17.0 Å². The minimum Gasteiger partial charge on any atom is -0.497 e. The van der Waals surface area contributed by atoms with Crippen molar-refractivity contribution >= 4 is 17.3 Å². The Labute approximate surface area is 207 Å². The summed E-state index contributed by atoms with van der Waals surface area (Å²) in [7, 11) is 3.16. The Morgan fingerprint density at radius 2 is 1.69 bits per heavy atom. The first-order valence-corrected chi connectivity index (χ1v) is 11.2. The van der Waals surface area contributed by atoms with E-state index in [-0.39, 0.29) is 5.89 Å². The Hall–Kier alpha value is -4.66. The molecular weight excluding hydrogens is 463 g/mol. The van der Waals surface area contributed by atoms with Gasteiger partial charge in [-0.15, -0.1) is 0 Å². The van der Waals surface area contributed by atoms with Gasteiger partial charge in [0.2, 0.25) is 5.82 Å². The van der Waals surface area contributed by atoms with E-state index < -0.39 is 17.9 Å². The maximum atomic E-state index is 14.0. The average molecular weight is 487 g/mol. The number of aromatic nitrogens is 2. The van der Waals surface area contributed by atoms with Gasteiger partial charge in [0.05, 0.1) is 31.5 Å². The minimum absolute atomic E-state index is 0.222.